The number of likely N-dealkylation sites (tertiary alicyclic amines) is 1. The van der Waals surface area contributed by atoms with Gasteiger partial charge in [0.15, 0.2) is 5.82 Å². The van der Waals surface area contributed by atoms with Gasteiger partial charge in [-0.3, -0.25) is 9.89 Å². The van der Waals surface area contributed by atoms with Gasteiger partial charge in [-0.2, -0.15) is 5.10 Å². The molecule has 0 bridgehead atoms. The number of aromatic nitrogens is 3. The zero-order valence-corrected chi connectivity index (χ0v) is 12.2. The Bertz CT molecular complexity index is 608. The summed E-state index contributed by atoms with van der Waals surface area (Å²) in [5, 5.41) is 7.36. The lowest BCUT2D eigenvalue weighted by Gasteiger charge is -2.31. The molecule has 1 aromatic heterocycles. The minimum Gasteiger partial charge on any atom is -0.342 e. The van der Waals surface area contributed by atoms with E-state index in [9.17, 15) is 4.79 Å². The normalized spacial score (nSPS) is 18.7. The first kappa shape index (κ1) is 13.8. The Hall–Kier alpha value is -2.17. The van der Waals surface area contributed by atoms with E-state index in [1.54, 1.807) is 0 Å². The van der Waals surface area contributed by atoms with Crippen LogP contribution in [0.1, 0.15) is 37.9 Å². The standard InChI is InChI=1S/C16H20N4O/c1-2-14(21)20-10-6-9-13(11-20)16-17-15(18-19-16)12-7-4-3-5-8-12/h3-5,7-8,13H,2,6,9-11H2,1H3,(H,17,18,19)/t13-/m0/s1. The average Bonchev–Trinajstić information content (AvgIpc) is 3.05. The fraction of sp³-hybridized carbons (Fsp3) is 0.438. The molecule has 0 aliphatic carbocycles. The van der Waals surface area contributed by atoms with E-state index in [0.717, 1.165) is 43.1 Å². The summed E-state index contributed by atoms with van der Waals surface area (Å²) in [7, 11) is 0. The summed E-state index contributed by atoms with van der Waals surface area (Å²) in [4.78, 5) is 18.4. The van der Waals surface area contributed by atoms with Crippen LogP contribution >= 0.6 is 0 Å². The summed E-state index contributed by atoms with van der Waals surface area (Å²) >= 11 is 0. The number of rotatable bonds is 3. The number of hydrogen-bond donors (Lipinski definition) is 1. The summed E-state index contributed by atoms with van der Waals surface area (Å²) in [6.07, 6.45) is 2.65. The SMILES string of the molecule is CCC(=O)N1CCC[C@H](c2nc(-c3ccccc3)n[nH]2)C1. The highest BCUT2D eigenvalue weighted by molar-refractivity contribution is 5.76. The van der Waals surface area contributed by atoms with Crippen molar-refractivity contribution in [2.75, 3.05) is 13.1 Å². The highest BCUT2D eigenvalue weighted by atomic mass is 16.2. The van der Waals surface area contributed by atoms with Crippen LogP contribution in [0.5, 0.6) is 0 Å². The monoisotopic (exact) mass is 284 g/mol. The third-order valence-electron chi connectivity index (χ3n) is 4.00. The van der Waals surface area contributed by atoms with Crippen molar-refractivity contribution in [2.45, 2.75) is 32.1 Å². The molecule has 0 unspecified atom stereocenters. The predicted molar refractivity (Wildman–Crippen MR) is 80.7 cm³/mol. The summed E-state index contributed by atoms with van der Waals surface area (Å²) in [6.45, 7) is 3.52. The van der Waals surface area contributed by atoms with Crippen molar-refractivity contribution in [1.82, 2.24) is 20.1 Å². The highest BCUT2D eigenvalue weighted by Gasteiger charge is 2.26. The number of aromatic amines is 1. The van der Waals surface area contributed by atoms with E-state index in [-0.39, 0.29) is 11.8 Å². The van der Waals surface area contributed by atoms with Gasteiger partial charge in [0.2, 0.25) is 5.91 Å². The van der Waals surface area contributed by atoms with Gasteiger partial charge in [-0.25, -0.2) is 4.98 Å². The molecule has 1 fully saturated rings. The van der Waals surface area contributed by atoms with Crippen LogP contribution in [0.15, 0.2) is 30.3 Å². The number of carbonyl (C=O) groups excluding carboxylic acids is 1. The molecule has 5 nitrogen and oxygen atoms in total. The van der Waals surface area contributed by atoms with Gasteiger partial charge >= 0.3 is 0 Å². The largest absolute Gasteiger partial charge is 0.342 e. The fourth-order valence-corrected chi connectivity index (χ4v) is 2.82. The third kappa shape index (κ3) is 2.96. The van der Waals surface area contributed by atoms with Crippen molar-refractivity contribution < 1.29 is 4.79 Å². The van der Waals surface area contributed by atoms with E-state index in [4.69, 9.17) is 0 Å². The van der Waals surface area contributed by atoms with Crippen LogP contribution in [0.3, 0.4) is 0 Å². The summed E-state index contributed by atoms with van der Waals surface area (Å²) in [5.74, 6) is 2.11. The van der Waals surface area contributed by atoms with Gasteiger partial charge in [0, 0.05) is 31.0 Å². The molecule has 0 spiro atoms. The topological polar surface area (TPSA) is 61.9 Å². The first-order chi connectivity index (χ1) is 10.3. The van der Waals surface area contributed by atoms with Crippen LogP contribution < -0.4 is 0 Å². The molecular formula is C16H20N4O. The van der Waals surface area contributed by atoms with E-state index in [2.05, 4.69) is 15.2 Å². The fourth-order valence-electron chi connectivity index (χ4n) is 2.82. The molecule has 1 N–H and O–H groups in total. The van der Waals surface area contributed by atoms with Gasteiger partial charge < -0.3 is 4.90 Å². The smallest absolute Gasteiger partial charge is 0.222 e. The first-order valence-corrected chi connectivity index (χ1v) is 7.53. The Morgan fingerprint density at radius 1 is 1.38 bits per heavy atom. The Kier molecular flexibility index (Phi) is 3.99. The number of benzene rings is 1. The van der Waals surface area contributed by atoms with Crippen LogP contribution in [-0.2, 0) is 4.79 Å². The van der Waals surface area contributed by atoms with Crippen molar-refractivity contribution in [2.24, 2.45) is 0 Å². The molecule has 1 aliphatic heterocycles. The van der Waals surface area contributed by atoms with Gasteiger partial charge in [0.1, 0.15) is 5.82 Å². The van der Waals surface area contributed by atoms with Gasteiger partial charge in [0.05, 0.1) is 0 Å². The third-order valence-corrected chi connectivity index (χ3v) is 4.00. The van der Waals surface area contributed by atoms with Gasteiger partial charge in [-0.1, -0.05) is 37.3 Å². The lowest BCUT2D eigenvalue weighted by atomic mass is 9.97. The zero-order valence-electron chi connectivity index (χ0n) is 12.2. The molecule has 1 aromatic carbocycles. The molecule has 3 rings (SSSR count). The summed E-state index contributed by atoms with van der Waals surface area (Å²) < 4.78 is 0. The number of nitrogens with one attached hydrogen (secondary N) is 1. The second kappa shape index (κ2) is 6.08. The highest BCUT2D eigenvalue weighted by Crippen LogP contribution is 2.26. The van der Waals surface area contributed by atoms with Crippen molar-refractivity contribution >= 4 is 5.91 Å². The van der Waals surface area contributed by atoms with Crippen LogP contribution in [0.25, 0.3) is 11.4 Å². The number of carbonyl (C=O) groups is 1. The molecule has 0 saturated carbocycles. The van der Waals surface area contributed by atoms with Gasteiger partial charge in [-0.15, -0.1) is 0 Å². The van der Waals surface area contributed by atoms with E-state index >= 15 is 0 Å². The van der Waals surface area contributed by atoms with E-state index in [1.165, 1.54) is 0 Å². The number of nitrogens with zero attached hydrogens (tertiary/aromatic N) is 3. The van der Waals surface area contributed by atoms with E-state index < -0.39 is 0 Å². The van der Waals surface area contributed by atoms with Gasteiger partial charge in [0.25, 0.3) is 0 Å². The predicted octanol–water partition coefficient (Wildman–Crippen LogP) is 2.59. The second-order valence-electron chi connectivity index (χ2n) is 5.44. The van der Waals surface area contributed by atoms with Crippen molar-refractivity contribution in [3.8, 4) is 11.4 Å². The molecule has 2 aromatic rings. The maximum Gasteiger partial charge on any atom is 0.222 e. The molecule has 5 heteroatoms. The van der Waals surface area contributed by atoms with E-state index in [0.29, 0.717) is 6.42 Å². The van der Waals surface area contributed by atoms with Crippen molar-refractivity contribution in [3.63, 3.8) is 0 Å². The molecule has 1 aliphatic rings. The molecule has 0 radical (unpaired) electrons. The van der Waals surface area contributed by atoms with Gasteiger partial charge in [-0.05, 0) is 12.8 Å². The number of piperidine rings is 1. The van der Waals surface area contributed by atoms with Crippen molar-refractivity contribution in [1.29, 1.82) is 0 Å². The summed E-state index contributed by atoms with van der Waals surface area (Å²) in [6, 6.07) is 9.94. The Morgan fingerprint density at radius 2 is 2.19 bits per heavy atom. The summed E-state index contributed by atoms with van der Waals surface area (Å²) in [5.41, 5.74) is 1.01. The number of amides is 1. The molecule has 1 atom stereocenters. The number of hydrogen-bond acceptors (Lipinski definition) is 3. The molecule has 2 heterocycles. The van der Waals surface area contributed by atoms with Crippen LogP contribution in [0, 0.1) is 0 Å². The zero-order chi connectivity index (χ0) is 14.7. The maximum atomic E-state index is 11.9. The first-order valence-electron chi connectivity index (χ1n) is 7.53. The van der Waals surface area contributed by atoms with Crippen molar-refractivity contribution in [3.05, 3.63) is 36.2 Å². The Morgan fingerprint density at radius 3 is 2.95 bits per heavy atom. The van der Waals surface area contributed by atoms with Crippen LogP contribution in [-0.4, -0.2) is 39.1 Å². The van der Waals surface area contributed by atoms with Crippen LogP contribution in [0.2, 0.25) is 0 Å². The Labute approximate surface area is 124 Å². The number of H-pyrrole nitrogens is 1. The molecule has 1 saturated heterocycles. The lowest BCUT2D eigenvalue weighted by Crippen LogP contribution is -2.38. The van der Waals surface area contributed by atoms with Crippen LogP contribution in [0.4, 0.5) is 0 Å². The lowest BCUT2D eigenvalue weighted by molar-refractivity contribution is -0.132. The Balaban J connectivity index is 1.75. The average molecular weight is 284 g/mol. The molecular weight excluding hydrogens is 264 g/mol. The minimum atomic E-state index is 0.225. The minimum absolute atomic E-state index is 0.225. The molecule has 110 valence electrons. The maximum absolute atomic E-state index is 11.9. The molecule has 21 heavy (non-hydrogen) atoms. The van der Waals surface area contributed by atoms with E-state index in [1.807, 2.05) is 42.2 Å². The second-order valence-corrected chi connectivity index (χ2v) is 5.44. The molecule has 1 amide bonds. The quantitative estimate of drug-likeness (QED) is 0.942.